The molecule has 0 bridgehead atoms. The van der Waals surface area contributed by atoms with Crippen molar-refractivity contribution in [1.29, 1.82) is 0 Å². The molecule has 3 rings (SSSR count). The number of rotatable bonds is 1. The molecule has 1 aromatic carbocycles. The van der Waals surface area contributed by atoms with Gasteiger partial charge in [0.1, 0.15) is 5.82 Å². The van der Waals surface area contributed by atoms with Gasteiger partial charge >= 0.3 is 0 Å². The number of hydrogen-bond donors (Lipinski definition) is 0. The maximum atomic E-state index is 6.20. The normalized spacial score (nSPS) is 19.1. The summed E-state index contributed by atoms with van der Waals surface area (Å²) in [5.41, 5.74) is 2.03. The molecule has 0 aliphatic carbocycles. The first-order valence-corrected chi connectivity index (χ1v) is 6.43. The van der Waals surface area contributed by atoms with E-state index in [0.29, 0.717) is 0 Å². The Morgan fingerprint density at radius 1 is 1.35 bits per heavy atom. The van der Waals surface area contributed by atoms with Gasteiger partial charge in [0.15, 0.2) is 0 Å². The van der Waals surface area contributed by atoms with Gasteiger partial charge in [-0.25, -0.2) is 4.98 Å². The van der Waals surface area contributed by atoms with Crippen LogP contribution in [0.2, 0.25) is 5.02 Å². The van der Waals surface area contributed by atoms with Crippen LogP contribution in [0.1, 0.15) is 19.2 Å². The third kappa shape index (κ3) is 1.98. The average molecular weight is 247 g/mol. The van der Waals surface area contributed by atoms with Crippen LogP contribution < -0.4 is 0 Å². The maximum Gasteiger partial charge on any atom is 0.109 e. The first-order chi connectivity index (χ1) is 8.24. The second kappa shape index (κ2) is 4.19. The van der Waals surface area contributed by atoms with Crippen molar-refractivity contribution in [2.45, 2.75) is 26.3 Å². The van der Waals surface area contributed by atoms with E-state index < -0.39 is 0 Å². The van der Waals surface area contributed by atoms with E-state index in [4.69, 9.17) is 16.6 Å². The van der Waals surface area contributed by atoms with Crippen molar-refractivity contribution >= 4 is 11.6 Å². The fourth-order valence-corrected chi connectivity index (χ4v) is 2.65. The number of aromatic nitrogens is 2. The first kappa shape index (κ1) is 10.8. The van der Waals surface area contributed by atoms with Gasteiger partial charge in [-0.3, -0.25) is 0 Å². The molecule has 2 nitrogen and oxygen atoms in total. The van der Waals surface area contributed by atoms with Crippen molar-refractivity contribution < 1.29 is 0 Å². The predicted molar refractivity (Wildman–Crippen MR) is 70.2 cm³/mol. The molecule has 1 atom stereocenters. The van der Waals surface area contributed by atoms with Crippen LogP contribution in [0.15, 0.2) is 30.5 Å². The molecule has 17 heavy (non-hydrogen) atoms. The Kier molecular flexibility index (Phi) is 2.67. The number of halogens is 1. The minimum absolute atomic E-state index is 0.746. The molecule has 0 saturated heterocycles. The number of fused-ring (bicyclic) bond motifs is 1. The van der Waals surface area contributed by atoms with Crippen LogP contribution in [-0.4, -0.2) is 9.55 Å². The summed E-state index contributed by atoms with van der Waals surface area (Å²) in [6.07, 6.45) is 4.44. The fraction of sp³-hybridized carbons (Fsp3) is 0.357. The molecule has 2 aromatic rings. The van der Waals surface area contributed by atoms with Crippen LogP contribution in [0, 0.1) is 5.92 Å². The van der Waals surface area contributed by atoms with Crippen LogP contribution in [0.5, 0.6) is 0 Å². The quantitative estimate of drug-likeness (QED) is 0.749. The van der Waals surface area contributed by atoms with Crippen LogP contribution in [-0.2, 0) is 13.0 Å². The number of aryl methyl sites for hydroxylation is 1. The highest BCUT2D eigenvalue weighted by Gasteiger charge is 2.18. The molecule has 0 saturated carbocycles. The van der Waals surface area contributed by atoms with Crippen molar-refractivity contribution in [3.8, 4) is 11.3 Å². The summed E-state index contributed by atoms with van der Waals surface area (Å²) in [6.45, 7) is 3.37. The topological polar surface area (TPSA) is 17.8 Å². The second-order valence-electron chi connectivity index (χ2n) is 4.82. The van der Waals surface area contributed by atoms with Gasteiger partial charge in [0, 0.05) is 24.7 Å². The lowest BCUT2D eigenvalue weighted by atomic mass is 10.0. The lowest BCUT2D eigenvalue weighted by Gasteiger charge is -2.19. The summed E-state index contributed by atoms with van der Waals surface area (Å²) < 4.78 is 2.27. The highest BCUT2D eigenvalue weighted by molar-refractivity contribution is 6.33. The average Bonchev–Trinajstić information content (AvgIpc) is 2.72. The zero-order valence-corrected chi connectivity index (χ0v) is 10.6. The monoisotopic (exact) mass is 246 g/mol. The summed E-state index contributed by atoms with van der Waals surface area (Å²) >= 11 is 6.20. The van der Waals surface area contributed by atoms with E-state index in [9.17, 15) is 0 Å². The molecule has 1 aromatic heterocycles. The van der Waals surface area contributed by atoms with Crippen molar-refractivity contribution in [3.63, 3.8) is 0 Å². The van der Waals surface area contributed by atoms with E-state index in [1.165, 1.54) is 12.2 Å². The molecule has 0 fully saturated rings. The molecule has 88 valence electrons. The molecule has 0 amide bonds. The maximum absolute atomic E-state index is 6.20. The van der Waals surface area contributed by atoms with Gasteiger partial charge in [0.2, 0.25) is 0 Å². The van der Waals surface area contributed by atoms with Crippen molar-refractivity contribution in [3.05, 3.63) is 41.3 Å². The third-order valence-corrected chi connectivity index (χ3v) is 3.71. The Labute approximate surface area is 106 Å². The van der Waals surface area contributed by atoms with E-state index in [2.05, 4.69) is 17.7 Å². The standard InChI is InChI=1S/C14H15ClN2/c1-10-6-7-14-16-13(9-17(14)8-10)11-4-2-3-5-12(11)15/h2-5,9-10H,6-8H2,1H3/t10-/m0/s1. The Balaban J connectivity index is 2.03. The molecule has 0 N–H and O–H groups in total. The minimum Gasteiger partial charge on any atom is -0.334 e. The van der Waals surface area contributed by atoms with Gasteiger partial charge in [0.25, 0.3) is 0 Å². The van der Waals surface area contributed by atoms with Crippen LogP contribution in [0.4, 0.5) is 0 Å². The number of imidazole rings is 1. The van der Waals surface area contributed by atoms with E-state index in [-0.39, 0.29) is 0 Å². The van der Waals surface area contributed by atoms with Crippen LogP contribution in [0.3, 0.4) is 0 Å². The van der Waals surface area contributed by atoms with Crippen molar-refractivity contribution in [2.24, 2.45) is 5.92 Å². The Hall–Kier alpha value is -1.28. The summed E-state index contributed by atoms with van der Waals surface area (Å²) in [5, 5.41) is 0.774. The highest BCUT2D eigenvalue weighted by Crippen LogP contribution is 2.29. The number of nitrogens with zero attached hydrogens (tertiary/aromatic N) is 2. The van der Waals surface area contributed by atoms with Gasteiger partial charge in [-0.05, 0) is 18.4 Å². The predicted octanol–water partition coefficient (Wildman–Crippen LogP) is 3.79. The zero-order valence-electron chi connectivity index (χ0n) is 9.86. The highest BCUT2D eigenvalue weighted by atomic mass is 35.5. The van der Waals surface area contributed by atoms with Gasteiger partial charge in [-0.15, -0.1) is 0 Å². The SMILES string of the molecule is C[C@H]1CCc2nc(-c3ccccc3Cl)cn2C1. The number of benzene rings is 1. The zero-order chi connectivity index (χ0) is 11.8. The fourth-order valence-electron chi connectivity index (χ4n) is 2.41. The molecule has 0 unspecified atom stereocenters. The molecule has 1 aliphatic rings. The van der Waals surface area contributed by atoms with Crippen LogP contribution in [0.25, 0.3) is 11.3 Å². The lowest BCUT2D eigenvalue weighted by Crippen LogP contribution is -2.17. The van der Waals surface area contributed by atoms with Crippen molar-refractivity contribution in [2.75, 3.05) is 0 Å². The summed E-state index contributed by atoms with van der Waals surface area (Å²) in [5.74, 6) is 1.94. The Bertz CT molecular complexity index is 545. The molecular weight excluding hydrogens is 232 g/mol. The molecule has 3 heteroatoms. The molecule has 0 radical (unpaired) electrons. The Morgan fingerprint density at radius 2 is 2.18 bits per heavy atom. The van der Waals surface area contributed by atoms with E-state index in [1.807, 2.05) is 24.3 Å². The molecule has 2 heterocycles. The van der Waals surface area contributed by atoms with Gasteiger partial charge < -0.3 is 4.57 Å². The molecule has 1 aliphatic heterocycles. The second-order valence-corrected chi connectivity index (χ2v) is 5.23. The van der Waals surface area contributed by atoms with E-state index in [1.54, 1.807) is 0 Å². The minimum atomic E-state index is 0.746. The van der Waals surface area contributed by atoms with E-state index in [0.717, 1.165) is 35.2 Å². The largest absolute Gasteiger partial charge is 0.334 e. The summed E-state index contributed by atoms with van der Waals surface area (Å²) in [4.78, 5) is 4.69. The third-order valence-electron chi connectivity index (χ3n) is 3.38. The number of hydrogen-bond acceptors (Lipinski definition) is 1. The van der Waals surface area contributed by atoms with E-state index >= 15 is 0 Å². The molecular formula is C14H15ClN2. The van der Waals surface area contributed by atoms with Crippen LogP contribution >= 0.6 is 11.6 Å². The van der Waals surface area contributed by atoms with Gasteiger partial charge in [-0.1, -0.05) is 36.7 Å². The summed E-state index contributed by atoms with van der Waals surface area (Å²) in [7, 11) is 0. The van der Waals surface area contributed by atoms with Gasteiger partial charge in [0.05, 0.1) is 10.7 Å². The van der Waals surface area contributed by atoms with Crippen molar-refractivity contribution in [1.82, 2.24) is 9.55 Å². The van der Waals surface area contributed by atoms with Gasteiger partial charge in [-0.2, -0.15) is 0 Å². The molecule has 0 spiro atoms. The smallest absolute Gasteiger partial charge is 0.109 e. The first-order valence-electron chi connectivity index (χ1n) is 6.05. The Morgan fingerprint density at radius 3 is 3.00 bits per heavy atom. The summed E-state index contributed by atoms with van der Waals surface area (Å²) in [6, 6.07) is 7.89. The lowest BCUT2D eigenvalue weighted by molar-refractivity contribution is 0.394.